The van der Waals surface area contributed by atoms with Crippen molar-refractivity contribution in [2.75, 3.05) is 10.2 Å². The first-order chi connectivity index (χ1) is 23.8. The number of nitrogens with zero attached hydrogens (tertiary/aromatic N) is 3. The van der Waals surface area contributed by atoms with Crippen LogP contribution in [0.4, 0.5) is 11.4 Å². The summed E-state index contributed by atoms with van der Waals surface area (Å²) >= 11 is 0. The number of amidine groups is 1. The molecule has 0 spiro atoms. The Morgan fingerprint density at radius 2 is 1.35 bits per heavy atom. The van der Waals surface area contributed by atoms with Gasteiger partial charge in [0.1, 0.15) is 12.0 Å². The molecule has 1 N–H and O–H groups in total. The van der Waals surface area contributed by atoms with Crippen molar-refractivity contribution >= 4 is 44.6 Å². The molecule has 0 saturated heterocycles. The van der Waals surface area contributed by atoms with E-state index >= 15 is 0 Å². The van der Waals surface area contributed by atoms with Gasteiger partial charge in [0.2, 0.25) is 0 Å². The first-order valence-corrected chi connectivity index (χ1v) is 16.7. The number of hydrogen-bond donors (Lipinski definition) is 1. The van der Waals surface area contributed by atoms with E-state index in [0.717, 1.165) is 22.6 Å². The Balaban J connectivity index is 1.12. The van der Waals surface area contributed by atoms with E-state index in [4.69, 9.17) is 4.99 Å². The lowest BCUT2D eigenvalue weighted by Gasteiger charge is -2.35. The average molecular weight is 617 g/mol. The maximum atomic E-state index is 5.45. The van der Waals surface area contributed by atoms with E-state index in [2.05, 4.69) is 185 Å². The first kappa shape index (κ1) is 27.0. The lowest BCUT2D eigenvalue weighted by molar-refractivity contribution is 0.744. The number of aliphatic imine (C=N–C) groups is 1. The van der Waals surface area contributed by atoms with Crippen LogP contribution in [0.5, 0.6) is 0 Å². The molecule has 2 aliphatic heterocycles. The molecule has 3 unspecified atom stereocenters. The molecule has 228 valence electrons. The van der Waals surface area contributed by atoms with Crippen LogP contribution >= 0.6 is 0 Å². The monoisotopic (exact) mass is 616 g/mol. The normalized spacial score (nSPS) is 19.3. The van der Waals surface area contributed by atoms with Crippen LogP contribution in [-0.2, 0) is 0 Å². The highest BCUT2D eigenvalue weighted by Crippen LogP contribution is 2.48. The molecule has 4 heteroatoms. The molecule has 3 heterocycles. The minimum absolute atomic E-state index is 0.0880. The largest absolute Gasteiger partial charge is 0.359 e. The lowest BCUT2D eigenvalue weighted by Crippen LogP contribution is -2.41. The smallest absolute Gasteiger partial charge is 0.147 e. The molecule has 0 amide bonds. The minimum atomic E-state index is -0.172. The van der Waals surface area contributed by atoms with E-state index in [1.54, 1.807) is 0 Å². The highest BCUT2D eigenvalue weighted by atomic mass is 15.3. The van der Waals surface area contributed by atoms with Gasteiger partial charge in [-0.05, 0) is 70.8 Å². The van der Waals surface area contributed by atoms with Gasteiger partial charge in [-0.25, -0.2) is 4.99 Å². The number of rotatable bonds is 3. The number of allylic oxidation sites excluding steroid dienone is 2. The fraction of sp³-hybridized carbons (Fsp3) is 0.0682. The predicted molar refractivity (Wildman–Crippen MR) is 199 cm³/mol. The number of hydrogen-bond acceptors (Lipinski definition) is 3. The van der Waals surface area contributed by atoms with Crippen molar-refractivity contribution in [2.24, 2.45) is 4.99 Å². The maximum Gasteiger partial charge on any atom is 0.147 e. The third kappa shape index (κ3) is 4.12. The highest BCUT2D eigenvalue weighted by molar-refractivity contribution is 6.16. The second kappa shape index (κ2) is 10.7. The quantitative estimate of drug-likeness (QED) is 0.214. The number of aromatic nitrogens is 1. The summed E-state index contributed by atoms with van der Waals surface area (Å²) in [6, 6.07) is 54.4. The van der Waals surface area contributed by atoms with Crippen molar-refractivity contribution in [1.82, 2.24) is 4.57 Å². The molecule has 1 aromatic heterocycles. The van der Waals surface area contributed by atoms with Gasteiger partial charge in [0.25, 0.3) is 0 Å². The second-order valence-corrected chi connectivity index (χ2v) is 12.8. The van der Waals surface area contributed by atoms with Gasteiger partial charge in [0.15, 0.2) is 0 Å². The molecule has 4 nitrogen and oxygen atoms in total. The van der Waals surface area contributed by atoms with E-state index in [0.29, 0.717) is 0 Å². The number of anilines is 2. The molecule has 0 radical (unpaired) electrons. The summed E-state index contributed by atoms with van der Waals surface area (Å²) in [5.41, 5.74) is 12.0. The third-order valence-electron chi connectivity index (χ3n) is 10.1. The first-order valence-electron chi connectivity index (χ1n) is 16.7. The number of benzene rings is 6. The zero-order valence-electron chi connectivity index (χ0n) is 26.2. The summed E-state index contributed by atoms with van der Waals surface area (Å²) in [4.78, 5) is 7.93. The van der Waals surface area contributed by atoms with Gasteiger partial charge in [0.05, 0.1) is 17.1 Å². The van der Waals surface area contributed by atoms with E-state index in [1.807, 2.05) is 0 Å². The molecule has 3 atom stereocenters. The Hall–Kier alpha value is -6.13. The summed E-state index contributed by atoms with van der Waals surface area (Å²) in [6.45, 7) is 0. The molecule has 10 rings (SSSR count). The fourth-order valence-corrected chi connectivity index (χ4v) is 7.95. The number of para-hydroxylation sites is 4. The molecule has 7 aromatic rings. The Bertz CT molecular complexity index is 2450. The molecule has 0 bridgehead atoms. The molecule has 3 aliphatic rings. The summed E-state index contributed by atoms with van der Waals surface area (Å²) in [5, 5.41) is 6.22. The molecule has 48 heavy (non-hydrogen) atoms. The van der Waals surface area contributed by atoms with Crippen molar-refractivity contribution in [1.29, 1.82) is 0 Å². The van der Waals surface area contributed by atoms with Crippen molar-refractivity contribution in [3.05, 3.63) is 192 Å². The van der Waals surface area contributed by atoms with Crippen molar-refractivity contribution < 1.29 is 0 Å². The average Bonchev–Trinajstić information content (AvgIpc) is 3.67. The lowest BCUT2D eigenvalue weighted by atomic mass is 9.86. The molecule has 1 aliphatic carbocycles. The van der Waals surface area contributed by atoms with Gasteiger partial charge >= 0.3 is 0 Å². The van der Waals surface area contributed by atoms with Crippen molar-refractivity contribution in [3.8, 4) is 5.69 Å². The maximum absolute atomic E-state index is 5.45. The zero-order valence-corrected chi connectivity index (χ0v) is 26.2. The topological polar surface area (TPSA) is 32.6 Å². The summed E-state index contributed by atoms with van der Waals surface area (Å²) in [7, 11) is 0. The molecular formula is C44H32N4. The van der Waals surface area contributed by atoms with E-state index in [-0.39, 0.29) is 18.1 Å². The molecule has 0 saturated carbocycles. The van der Waals surface area contributed by atoms with E-state index in [1.165, 1.54) is 49.9 Å². The minimum Gasteiger partial charge on any atom is -0.359 e. The van der Waals surface area contributed by atoms with Crippen LogP contribution in [0.1, 0.15) is 34.3 Å². The van der Waals surface area contributed by atoms with Crippen molar-refractivity contribution in [3.63, 3.8) is 0 Å². The highest BCUT2D eigenvalue weighted by Gasteiger charge is 2.41. The van der Waals surface area contributed by atoms with Gasteiger partial charge in [-0.2, -0.15) is 0 Å². The Morgan fingerprint density at radius 1 is 0.625 bits per heavy atom. The molecular weight excluding hydrogens is 585 g/mol. The van der Waals surface area contributed by atoms with Crippen LogP contribution in [-0.4, -0.2) is 16.4 Å². The molecule has 0 fully saturated rings. The van der Waals surface area contributed by atoms with Gasteiger partial charge < -0.3 is 14.8 Å². The standard InChI is InChI=1S/C44H32N4/c1-3-13-29(14-4-1)43-45-38-20-10-7-19-36(38)44(46-43)48-40-22-12-8-17-33(40)35-25-23-31(28-42(35)48)30-24-26-41-37(27-30)34-18-9-11-21-39(34)47(41)32-15-5-2-6-16-32/h1-28,35,42-43,45H. The van der Waals surface area contributed by atoms with Crippen LogP contribution in [0.3, 0.4) is 0 Å². The third-order valence-corrected chi connectivity index (χ3v) is 10.1. The summed E-state index contributed by atoms with van der Waals surface area (Å²) in [6.07, 6.45) is 7.02. The van der Waals surface area contributed by atoms with Crippen LogP contribution < -0.4 is 10.2 Å². The number of nitrogens with one attached hydrogen (secondary N) is 1. The van der Waals surface area contributed by atoms with E-state index < -0.39 is 0 Å². The zero-order chi connectivity index (χ0) is 31.6. The van der Waals surface area contributed by atoms with Crippen LogP contribution in [0.2, 0.25) is 0 Å². The van der Waals surface area contributed by atoms with Gasteiger partial charge in [-0.15, -0.1) is 0 Å². The van der Waals surface area contributed by atoms with Gasteiger partial charge in [-0.3, -0.25) is 0 Å². The van der Waals surface area contributed by atoms with Gasteiger partial charge in [-0.1, -0.05) is 121 Å². The Labute approximate surface area is 279 Å². The predicted octanol–water partition coefficient (Wildman–Crippen LogP) is 10.3. The fourth-order valence-electron chi connectivity index (χ4n) is 7.95. The van der Waals surface area contributed by atoms with Crippen molar-refractivity contribution in [2.45, 2.75) is 18.1 Å². The van der Waals surface area contributed by atoms with E-state index in [9.17, 15) is 0 Å². The molecule has 6 aromatic carbocycles. The van der Waals surface area contributed by atoms with Gasteiger partial charge in [0, 0.05) is 39.3 Å². The van der Waals surface area contributed by atoms with Crippen LogP contribution in [0, 0.1) is 0 Å². The SMILES string of the molecule is C1=CC2c3ccccc3N(C3=NC(c4ccccc4)Nc4ccccc43)C2C=C1c1ccc2c(c1)c1ccccc1n2-c1ccccc1. The number of fused-ring (bicyclic) bond motifs is 7. The van der Waals surface area contributed by atoms with Crippen LogP contribution in [0.25, 0.3) is 33.1 Å². The summed E-state index contributed by atoms with van der Waals surface area (Å²) in [5.74, 6) is 1.24. The Kier molecular flexibility index (Phi) is 6.03. The van der Waals surface area contributed by atoms with Crippen LogP contribution in [0.15, 0.2) is 175 Å². The summed E-state index contributed by atoms with van der Waals surface area (Å²) < 4.78 is 2.38. The Morgan fingerprint density at radius 3 is 2.25 bits per heavy atom. The second-order valence-electron chi connectivity index (χ2n) is 12.8.